The van der Waals surface area contributed by atoms with E-state index >= 15 is 0 Å². The fourth-order valence-corrected chi connectivity index (χ4v) is 1.96. The van der Waals surface area contributed by atoms with Crippen LogP contribution in [0.3, 0.4) is 0 Å². The van der Waals surface area contributed by atoms with Gasteiger partial charge in [-0.05, 0) is 43.1 Å². The molecule has 0 saturated carbocycles. The van der Waals surface area contributed by atoms with E-state index in [0.717, 1.165) is 25.3 Å². The van der Waals surface area contributed by atoms with Crippen LogP contribution in [0.5, 0.6) is 5.75 Å². The Morgan fingerprint density at radius 3 is 2.16 bits per heavy atom. The molecule has 0 fully saturated rings. The molecule has 2 heteroatoms. The number of nitrogens with one attached hydrogen (secondary N) is 1. The third kappa shape index (κ3) is 4.42. The number of hydrogen-bond acceptors (Lipinski definition) is 2. The molecule has 0 amide bonds. The first-order valence-electron chi connectivity index (χ1n) is 6.67. The maximum absolute atomic E-state index is 5.15. The highest BCUT2D eigenvalue weighted by atomic mass is 16.5. The summed E-state index contributed by atoms with van der Waals surface area (Å²) in [4.78, 5) is 0. The number of ether oxygens (including phenoxy) is 1. The van der Waals surface area contributed by atoms with Crippen LogP contribution in [0.2, 0.25) is 0 Å². The second-order valence-electron chi connectivity index (χ2n) is 4.76. The van der Waals surface area contributed by atoms with Gasteiger partial charge in [-0.3, -0.25) is 0 Å². The Balaban J connectivity index is 1.72. The summed E-state index contributed by atoms with van der Waals surface area (Å²) in [5.74, 6) is 0.913. The lowest BCUT2D eigenvalue weighted by Gasteiger charge is -2.06. The SMILES string of the molecule is COc1ccc(CCNCc2ccc(C)cc2)cc1. The number of hydrogen-bond donors (Lipinski definition) is 1. The smallest absolute Gasteiger partial charge is 0.118 e. The molecule has 100 valence electrons. The van der Waals surface area contributed by atoms with E-state index in [9.17, 15) is 0 Å². The van der Waals surface area contributed by atoms with Crippen LogP contribution < -0.4 is 10.1 Å². The van der Waals surface area contributed by atoms with Crippen molar-refractivity contribution in [1.29, 1.82) is 0 Å². The van der Waals surface area contributed by atoms with E-state index in [0.29, 0.717) is 0 Å². The second kappa shape index (κ2) is 6.95. The summed E-state index contributed by atoms with van der Waals surface area (Å²) in [6, 6.07) is 16.9. The van der Waals surface area contributed by atoms with E-state index in [4.69, 9.17) is 4.74 Å². The zero-order chi connectivity index (χ0) is 13.5. The van der Waals surface area contributed by atoms with Crippen molar-refractivity contribution in [2.45, 2.75) is 19.9 Å². The maximum Gasteiger partial charge on any atom is 0.118 e. The highest BCUT2D eigenvalue weighted by molar-refractivity contribution is 5.27. The summed E-state index contributed by atoms with van der Waals surface area (Å²) in [5.41, 5.74) is 3.97. The Kier molecular flexibility index (Phi) is 4.99. The quantitative estimate of drug-likeness (QED) is 0.799. The van der Waals surface area contributed by atoms with Crippen LogP contribution in [0.25, 0.3) is 0 Å². The zero-order valence-electron chi connectivity index (χ0n) is 11.6. The van der Waals surface area contributed by atoms with Crippen molar-refractivity contribution in [2.24, 2.45) is 0 Å². The largest absolute Gasteiger partial charge is 0.497 e. The van der Waals surface area contributed by atoms with Crippen molar-refractivity contribution in [2.75, 3.05) is 13.7 Å². The molecule has 0 aromatic heterocycles. The minimum atomic E-state index is 0.913. The third-order valence-corrected chi connectivity index (χ3v) is 3.20. The Labute approximate surface area is 115 Å². The molecule has 1 N–H and O–H groups in total. The Morgan fingerprint density at radius 1 is 0.895 bits per heavy atom. The molecule has 0 aliphatic carbocycles. The van der Waals surface area contributed by atoms with Crippen LogP contribution >= 0.6 is 0 Å². The minimum absolute atomic E-state index is 0.913. The van der Waals surface area contributed by atoms with Crippen molar-refractivity contribution >= 4 is 0 Å². The average Bonchev–Trinajstić information content (AvgIpc) is 2.46. The highest BCUT2D eigenvalue weighted by Crippen LogP contribution is 2.11. The van der Waals surface area contributed by atoms with Gasteiger partial charge in [0.1, 0.15) is 5.75 Å². The summed E-state index contributed by atoms with van der Waals surface area (Å²) in [7, 11) is 1.69. The number of aryl methyl sites for hydroxylation is 1. The number of rotatable bonds is 6. The molecule has 0 heterocycles. The van der Waals surface area contributed by atoms with Gasteiger partial charge in [-0.25, -0.2) is 0 Å². The molecule has 0 saturated heterocycles. The molecule has 0 aliphatic heterocycles. The van der Waals surface area contributed by atoms with E-state index in [2.05, 4.69) is 48.6 Å². The highest BCUT2D eigenvalue weighted by Gasteiger charge is 1.96. The lowest BCUT2D eigenvalue weighted by atomic mass is 10.1. The first-order chi connectivity index (χ1) is 9.28. The first-order valence-corrected chi connectivity index (χ1v) is 6.67. The van der Waals surface area contributed by atoms with Crippen LogP contribution in [-0.2, 0) is 13.0 Å². The van der Waals surface area contributed by atoms with Crippen LogP contribution in [-0.4, -0.2) is 13.7 Å². The first kappa shape index (κ1) is 13.6. The lowest BCUT2D eigenvalue weighted by molar-refractivity contribution is 0.414. The van der Waals surface area contributed by atoms with Crippen molar-refractivity contribution in [3.05, 3.63) is 65.2 Å². The number of benzene rings is 2. The second-order valence-corrected chi connectivity index (χ2v) is 4.76. The summed E-state index contributed by atoms with van der Waals surface area (Å²) in [6.07, 6.45) is 1.04. The van der Waals surface area contributed by atoms with Gasteiger partial charge in [0.2, 0.25) is 0 Å². The van der Waals surface area contributed by atoms with Crippen molar-refractivity contribution in [3.8, 4) is 5.75 Å². The molecule has 2 nitrogen and oxygen atoms in total. The average molecular weight is 255 g/mol. The summed E-state index contributed by atoms with van der Waals surface area (Å²) >= 11 is 0. The standard InChI is InChI=1S/C17H21NO/c1-14-3-5-16(6-4-14)13-18-12-11-15-7-9-17(19-2)10-8-15/h3-10,18H,11-13H2,1-2H3. The van der Waals surface area contributed by atoms with E-state index in [1.807, 2.05) is 12.1 Å². The van der Waals surface area contributed by atoms with E-state index < -0.39 is 0 Å². The van der Waals surface area contributed by atoms with Gasteiger partial charge in [-0.2, -0.15) is 0 Å². The van der Waals surface area contributed by atoms with E-state index in [1.54, 1.807) is 7.11 Å². The molecule has 0 spiro atoms. The molecule has 0 atom stereocenters. The van der Waals surface area contributed by atoms with Crippen LogP contribution in [0.1, 0.15) is 16.7 Å². The molecule has 0 radical (unpaired) electrons. The maximum atomic E-state index is 5.15. The molecule has 2 rings (SSSR count). The van der Waals surface area contributed by atoms with Crippen LogP contribution in [0.15, 0.2) is 48.5 Å². The lowest BCUT2D eigenvalue weighted by Crippen LogP contribution is -2.16. The van der Waals surface area contributed by atoms with Gasteiger partial charge in [-0.15, -0.1) is 0 Å². The molecule has 19 heavy (non-hydrogen) atoms. The predicted molar refractivity (Wildman–Crippen MR) is 79.6 cm³/mol. The van der Waals surface area contributed by atoms with Gasteiger partial charge in [0, 0.05) is 6.54 Å². The summed E-state index contributed by atoms with van der Waals surface area (Å²) in [5, 5.41) is 3.47. The van der Waals surface area contributed by atoms with Crippen LogP contribution in [0, 0.1) is 6.92 Å². The Hall–Kier alpha value is -1.80. The molecular weight excluding hydrogens is 234 g/mol. The summed E-state index contributed by atoms with van der Waals surface area (Å²) < 4.78 is 5.15. The monoisotopic (exact) mass is 255 g/mol. The number of methoxy groups -OCH3 is 1. The Bertz CT molecular complexity index is 488. The van der Waals surface area contributed by atoms with Gasteiger partial charge in [0.25, 0.3) is 0 Å². The fourth-order valence-electron chi connectivity index (χ4n) is 1.96. The van der Waals surface area contributed by atoms with Gasteiger partial charge in [0.15, 0.2) is 0 Å². The summed E-state index contributed by atoms with van der Waals surface area (Å²) in [6.45, 7) is 4.03. The van der Waals surface area contributed by atoms with E-state index in [1.165, 1.54) is 16.7 Å². The zero-order valence-corrected chi connectivity index (χ0v) is 11.6. The van der Waals surface area contributed by atoms with Crippen molar-refractivity contribution in [3.63, 3.8) is 0 Å². The van der Waals surface area contributed by atoms with Gasteiger partial charge in [0.05, 0.1) is 7.11 Å². The molecule has 0 unspecified atom stereocenters. The Morgan fingerprint density at radius 2 is 1.53 bits per heavy atom. The third-order valence-electron chi connectivity index (χ3n) is 3.20. The van der Waals surface area contributed by atoms with Gasteiger partial charge in [-0.1, -0.05) is 42.0 Å². The molecular formula is C17H21NO. The van der Waals surface area contributed by atoms with Crippen molar-refractivity contribution < 1.29 is 4.74 Å². The predicted octanol–water partition coefficient (Wildman–Crippen LogP) is 3.34. The van der Waals surface area contributed by atoms with Gasteiger partial charge >= 0.3 is 0 Å². The molecule has 0 bridgehead atoms. The fraction of sp³-hybridized carbons (Fsp3) is 0.294. The minimum Gasteiger partial charge on any atom is -0.497 e. The van der Waals surface area contributed by atoms with Crippen molar-refractivity contribution in [1.82, 2.24) is 5.32 Å². The van der Waals surface area contributed by atoms with E-state index in [-0.39, 0.29) is 0 Å². The molecule has 2 aromatic rings. The molecule has 0 aliphatic rings. The normalized spacial score (nSPS) is 10.4. The molecule has 2 aromatic carbocycles. The van der Waals surface area contributed by atoms with Crippen LogP contribution in [0.4, 0.5) is 0 Å². The topological polar surface area (TPSA) is 21.3 Å². The van der Waals surface area contributed by atoms with Gasteiger partial charge < -0.3 is 10.1 Å².